The number of carbonyl (C=O) groups is 1. The summed E-state index contributed by atoms with van der Waals surface area (Å²) in [5.74, 6) is -0.271. The highest BCUT2D eigenvalue weighted by Crippen LogP contribution is 2.32. The van der Waals surface area contributed by atoms with Crippen LogP contribution >= 0.6 is 0 Å². The Morgan fingerprint density at radius 1 is 0.963 bits per heavy atom. The predicted molar refractivity (Wildman–Crippen MR) is 100 cm³/mol. The molecule has 1 amide bonds. The number of aryl methyl sites for hydroxylation is 1. The van der Waals surface area contributed by atoms with E-state index in [1.54, 1.807) is 6.07 Å². The van der Waals surface area contributed by atoms with Crippen LogP contribution in [0.3, 0.4) is 0 Å². The van der Waals surface area contributed by atoms with E-state index in [0.717, 1.165) is 22.4 Å². The molecule has 3 aromatic rings. The minimum atomic E-state index is -4.41. The second-order valence-electron chi connectivity index (χ2n) is 6.51. The van der Waals surface area contributed by atoms with Gasteiger partial charge in [-0.1, -0.05) is 60.7 Å². The summed E-state index contributed by atoms with van der Waals surface area (Å²) in [6.07, 6.45) is -4.37. The maximum atomic E-state index is 13.1. The van der Waals surface area contributed by atoms with Crippen LogP contribution in [0.5, 0.6) is 0 Å². The molecule has 0 aliphatic heterocycles. The first-order valence-corrected chi connectivity index (χ1v) is 8.78. The molecule has 0 saturated heterocycles. The third kappa shape index (κ3) is 4.48. The molecule has 2 nitrogen and oxygen atoms in total. The van der Waals surface area contributed by atoms with E-state index in [1.807, 2.05) is 49.4 Å². The number of nitrogens with one attached hydrogen (secondary N) is 1. The van der Waals surface area contributed by atoms with Gasteiger partial charge in [0, 0.05) is 6.42 Å². The predicted octanol–water partition coefficient (Wildman–Crippen LogP) is 5.67. The molecule has 0 heterocycles. The van der Waals surface area contributed by atoms with E-state index in [1.165, 1.54) is 12.1 Å². The van der Waals surface area contributed by atoms with Crippen LogP contribution in [0.4, 0.5) is 13.2 Å². The van der Waals surface area contributed by atoms with Crippen molar-refractivity contribution in [3.63, 3.8) is 0 Å². The molecule has 27 heavy (non-hydrogen) atoms. The average molecular weight is 371 g/mol. The van der Waals surface area contributed by atoms with Gasteiger partial charge in [0.05, 0.1) is 11.6 Å². The Morgan fingerprint density at radius 2 is 1.63 bits per heavy atom. The molecule has 0 fully saturated rings. The Hall–Kier alpha value is -2.82. The van der Waals surface area contributed by atoms with E-state index >= 15 is 0 Å². The van der Waals surface area contributed by atoms with Gasteiger partial charge in [0.2, 0.25) is 5.91 Å². The summed E-state index contributed by atoms with van der Waals surface area (Å²) in [5, 5.41) is 5.03. The topological polar surface area (TPSA) is 29.1 Å². The smallest absolute Gasteiger partial charge is 0.350 e. The number of amides is 1. The zero-order valence-corrected chi connectivity index (χ0v) is 14.9. The molecule has 1 atom stereocenters. The van der Waals surface area contributed by atoms with Crippen molar-refractivity contribution in [3.8, 4) is 0 Å². The molecule has 3 aromatic carbocycles. The average Bonchev–Trinajstić information content (AvgIpc) is 2.65. The van der Waals surface area contributed by atoms with Gasteiger partial charge in [-0.2, -0.15) is 13.2 Å². The summed E-state index contributed by atoms with van der Waals surface area (Å²) in [5.41, 5.74) is 0.440. The molecular formula is C22H20F3NO. The number of halogens is 3. The number of fused-ring (bicyclic) bond motifs is 1. The zero-order chi connectivity index (χ0) is 19.4. The first-order chi connectivity index (χ1) is 12.9. The minimum Gasteiger partial charge on any atom is -0.350 e. The Bertz CT molecular complexity index is 944. The van der Waals surface area contributed by atoms with Gasteiger partial charge < -0.3 is 5.32 Å². The highest BCUT2D eigenvalue weighted by Gasteiger charge is 2.32. The van der Waals surface area contributed by atoms with E-state index in [4.69, 9.17) is 0 Å². The first-order valence-electron chi connectivity index (χ1n) is 8.78. The SMILES string of the molecule is CC(NC(=O)CCc1ccccc1C(F)(F)F)c1cccc2ccccc12. The molecule has 5 heteroatoms. The minimum absolute atomic E-state index is 0.00218. The third-order valence-electron chi connectivity index (χ3n) is 4.61. The van der Waals surface area contributed by atoms with Crippen molar-refractivity contribution in [2.45, 2.75) is 32.0 Å². The number of rotatable bonds is 5. The van der Waals surface area contributed by atoms with Crippen molar-refractivity contribution in [1.82, 2.24) is 5.32 Å². The lowest BCUT2D eigenvalue weighted by molar-refractivity contribution is -0.138. The molecule has 0 aliphatic carbocycles. The molecule has 0 bridgehead atoms. The highest BCUT2D eigenvalue weighted by atomic mass is 19.4. The highest BCUT2D eigenvalue weighted by molar-refractivity contribution is 5.86. The number of carbonyl (C=O) groups excluding carboxylic acids is 1. The Morgan fingerprint density at radius 3 is 2.41 bits per heavy atom. The molecular weight excluding hydrogens is 351 g/mol. The van der Waals surface area contributed by atoms with Gasteiger partial charge in [-0.05, 0) is 41.3 Å². The van der Waals surface area contributed by atoms with Gasteiger partial charge in [0.25, 0.3) is 0 Å². The Balaban J connectivity index is 1.68. The van der Waals surface area contributed by atoms with Crippen molar-refractivity contribution >= 4 is 16.7 Å². The molecule has 0 aromatic heterocycles. The Labute approximate surface area is 156 Å². The largest absolute Gasteiger partial charge is 0.416 e. The second-order valence-corrected chi connectivity index (χ2v) is 6.51. The number of hydrogen-bond acceptors (Lipinski definition) is 1. The maximum Gasteiger partial charge on any atom is 0.416 e. The van der Waals surface area contributed by atoms with Crippen molar-refractivity contribution in [3.05, 3.63) is 83.4 Å². The summed E-state index contributed by atoms with van der Waals surface area (Å²) in [6, 6.07) is 18.9. The molecule has 0 spiro atoms. The van der Waals surface area contributed by atoms with Crippen LogP contribution < -0.4 is 5.32 Å². The van der Waals surface area contributed by atoms with Gasteiger partial charge in [0.1, 0.15) is 0 Å². The summed E-state index contributed by atoms with van der Waals surface area (Å²) < 4.78 is 39.2. The van der Waals surface area contributed by atoms with Crippen LogP contribution in [0.15, 0.2) is 66.7 Å². The lowest BCUT2D eigenvalue weighted by Crippen LogP contribution is -2.27. The third-order valence-corrected chi connectivity index (χ3v) is 4.61. The van der Waals surface area contributed by atoms with Gasteiger partial charge in [0.15, 0.2) is 0 Å². The molecule has 140 valence electrons. The molecule has 1 unspecified atom stereocenters. The van der Waals surface area contributed by atoms with Crippen LogP contribution in [0, 0.1) is 0 Å². The standard InChI is InChI=1S/C22H20F3NO/c1-15(18-11-6-9-16-7-2-4-10-19(16)18)26-21(27)14-13-17-8-3-5-12-20(17)22(23,24)25/h2-12,15H,13-14H2,1H3,(H,26,27). The Kier molecular flexibility index (Phi) is 5.49. The van der Waals surface area contributed by atoms with Crippen LogP contribution in [0.25, 0.3) is 10.8 Å². The summed E-state index contributed by atoms with van der Waals surface area (Å²) in [4.78, 5) is 12.3. The lowest BCUT2D eigenvalue weighted by Gasteiger charge is -2.17. The van der Waals surface area contributed by atoms with Crippen molar-refractivity contribution < 1.29 is 18.0 Å². The van der Waals surface area contributed by atoms with Gasteiger partial charge >= 0.3 is 6.18 Å². The molecule has 0 radical (unpaired) electrons. The van der Waals surface area contributed by atoms with E-state index in [0.29, 0.717) is 0 Å². The molecule has 3 rings (SSSR count). The van der Waals surface area contributed by atoms with Crippen LogP contribution in [-0.2, 0) is 17.4 Å². The van der Waals surface area contributed by atoms with Crippen molar-refractivity contribution in [1.29, 1.82) is 0 Å². The van der Waals surface area contributed by atoms with Crippen molar-refractivity contribution in [2.24, 2.45) is 0 Å². The number of benzene rings is 3. The molecule has 0 aliphatic rings. The number of hydrogen-bond donors (Lipinski definition) is 1. The maximum absolute atomic E-state index is 13.1. The van der Waals surface area contributed by atoms with Gasteiger partial charge in [-0.25, -0.2) is 0 Å². The normalized spacial score (nSPS) is 12.7. The fraction of sp³-hybridized carbons (Fsp3) is 0.227. The van der Waals surface area contributed by atoms with Crippen LogP contribution in [0.1, 0.15) is 36.1 Å². The van der Waals surface area contributed by atoms with Crippen molar-refractivity contribution in [2.75, 3.05) is 0 Å². The molecule has 0 saturated carbocycles. The lowest BCUT2D eigenvalue weighted by atomic mass is 9.99. The summed E-state index contributed by atoms with van der Waals surface area (Å²) in [6.45, 7) is 1.88. The summed E-state index contributed by atoms with van der Waals surface area (Å²) >= 11 is 0. The van der Waals surface area contributed by atoms with Gasteiger partial charge in [-0.3, -0.25) is 4.79 Å². The van der Waals surface area contributed by atoms with Crippen LogP contribution in [0.2, 0.25) is 0 Å². The monoisotopic (exact) mass is 371 g/mol. The quantitative estimate of drug-likeness (QED) is 0.615. The van der Waals surface area contributed by atoms with E-state index in [2.05, 4.69) is 5.32 Å². The van der Waals surface area contributed by atoms with E-state index in [-0.39, 0.29) is 30.4 Å². The number of alkyl halides is 3. The van der Waals surface area contributed by atoms with Crippen LogP contribution in [-0.4, -0.2) is 5.91 Å². The second kappa shape index (κ2) is 7.82. The fourth-order valence-corrected chi connectivity index (χ4v) is 3.28. The summed E-state index contributed by atoms with van der Waals surface area (Å²) in [7, 11) is 0. The fourth-order valence-electron chi connectivity index (χ4n) is 3.28. The van der Waals surface area contributed by atoms with Gasteiger partial charge in [-0.15, -0.1) is 0 Å². The van der Waals surface area contributed by atoms with E-state index in [9.17, 15) is 18.0 Å². The zero-order valence-electron chi connectivity index (χ0n) is 14.9. The first kappa shape index (κ1) is 19.0. The molecule has 1 N–H and O–H groups in total. The van der Waals surface area contributed by atoms with E-state index < -0.39 is 11.7 Å².